The predicted molar refractivity (Wildman–Crippen MR) is 83.4 cm³/mol. The lowest BCUT2D eigenvalue weighted by atomic mass is 10.1. The lowest BCUT2D eigenvalue weighted by Crippen LogP contribution is -2.26. The molecule has 1 aromatic heterocycles. The molecule has 0 bridgehead atoms. The minimum absolute atomic E-state index is 0.0960. The van der Waals surface area contributed by atoms with Gasteiger partial charge in [0.05, 0.1) is 5.69 Å². The molecule has 24 heavy (non-hydrogen) atoms. The highest BCUT2D eigenvalue weighted by molar-refractivity contribution is 5.92. The Labute approximate surface area is 137 Å². The fraction of sp³-hybridized carbons (Fsp3) is 0.312. The third-order valence-corrected chi connectivity index (χ3v) is 3.20. The van der Waals surface area contributed by atoms with Gasteiger partial charge in [-0.15, -0.1) is 10.2 Å². The van der Waals surface area contributed by atoms with Crippen LogP contribution < -0.4 is 10.6 Å². The van der Waals surface area contributed by atoms with E-state index < -0.39 is 17.5 Å². The van der Waals surface area contributed by atoms with E-state index in [0.29, 0.717) is 12.5 Å². The fourth-order valence-electron chi connectivity index (χ4n) is 1.85. The van der Waals surface area contributed by atoms with Crippen LogP contribution in [0, 0.1) is 23.4 Å². The number of aromatic nitrogens is 2. The Hall–Kier alpha value is -2.64. The van der Waals surface area contributed by atoms with Gasteiger partial charge >= 0.3 is 0 Å². The third-order valence-electron chi connectivity index (χ3n) is 3.20. The molecule has 1 amide bonds. The molecule has 0 atom stereocenters. The van der Waals surface area contributed by atoms with E-state index in [-0.39, 0.29) is 23.1 Å². The molecule has 1 heterocycles. The van der Waals surface area contributed by atoms with E-state index in [4.69, 9.17) is 0 Å². The molecule has 0 unspecified atom stereocenters. The molecule has 0 spiro atoms. The molecule has 0 aliphatic rings. The molecule has 0 saturated heterocycles. The quantitative estimate of drug-likeness (QED) is 0.792. The predicted octanol–water partition coefficient (Wildman–Crippen LogP) is 3.41. The summed E-state index contributed by atoms with van der Waals surface area (Å²) in [6.07, 6.45) is 0.841. The summed E-state index contributed by atoms with van der Waals surface area (Å²) < 4.78 is 39.6. The van der Waals surface area contributed by atoms with Gasteiger partial charge in [0.15, 0.2) is 29.0 Å². The number of carbonyl (C=O) groups is 1. The van der Waals surface area contributed by atoms with Gasteiger partial charge in [-0.1, -0.05) is 13.8 Å². The van der Waals surface area contributed by atoms with Crippen molar-refractivity contribution in [3.05, 3.63) is 47.4 Å². The van der Waals surface area contributed by atoms with Crippen LogP contribution in [0.1, 0.15) is 30.8 Å². The summed E-state index contributed by atoms with van der Waals surface area (Å²) in [6, 6.07) is 4.63. The van der Waals surface area contributed by atoms with Crippen molar-refractivity contribution >= 4 is 17.4 Å². The van der Waals surface area contributed by atoms with Crippen molar-refractivity contribution in [3.8, 4) is 0 Å². The van der Waals surface area contributed by atoms with E-state index in [1.54, 1.807) is 0 Å². The number of rotatable bonds is 6. The minimum atomic E-state index is -1.57. The average molecular weight is 338 g/mol. The largest absolute Gasteiger partial charge is 0.351 e. The molecule has 0 radical (unpaired) electrons. The van der Waals surface area contributed by atoms with Gasteiger partial charge in [0, 0.05) is 6.54 Å². The molecule has 2 rings (SSSR count). The lowest BCUT2D eigenvalue weighted by molar-refractivity contribution is 0.0946. The van der Waals surface area contributed by atoms with E-state index in [1.807, 2.05) is 13.8 Å². The molecule has 0 aliphatic carbocycles. The summed E-state index contributed by atoms with van der Waals surface area (Å²) in [5.74, 6) is -4.01. The van der Waals surface area contributed by atoms with Crippen LogP contribution in [0.25, 0.3) is 0 Å². The summed E-state index contributed by atoms with van der Waals surface area (Å²) in [5.41, 5.74) is -0.174. The van der Waals surface area contributed by atoms with Crippen LogP contribution in [0.2, 0.25) is 0 Å². The van der Waals surface area contributed by atoms with E-state index in [1.165, 1.54) is 12.1 Å². The van der Waals surface area contributed by atoms with Crippen molar-refractivity contribution < 1.29 is 18.0 Å². The number of halogens is 3. The van der Waals surface area contributed by atoms with Crippen LogP contribution in [-0.4, -0.2) is 22.6 Å². The van der Waals surface area contributed by atoms with Gasteiger partial charge in [-0.3, -0.25) is 4.79 Å². The number of anilines is 2. The number of carbonyl (C=O) groups excluding carboxylic acids is 1. The average Bonchev–Trinajstić information content (AvgIpc) is 2.55. The maximum absolute atomic E-state index is 13.6. The zero-order chi connectivity index (χ0) is 17.7. The van der Waals surface area contributed by atoms with Gasteiger partial charge < -0.3 is 10.6 Å². The molecule has 0 aliphatic heterocycles. The molecule has 5 nitrogen and oxygen atoms in total. The highest BCUT2D eigenvalue weighted by Crippen LogP contribution is 2.22. The molecular weight excluding hydrogens is 321 g/mol. The zero-order valence-electron chi connectivity index (χ0n) is 13.2. The minimum Gasteiger partial charge on any atom is -0.351 e. The number of amides is 1. The SMILES string of the molecule is CC(C)CCNC(=O)c1ccc(Nc2ccc(F)c(F)c2F)nn1. The first-order valence-corrected chi connectivity index (χ1v) is 7.41. The summed E-state index contributed by atoms with van der Waals surface area (Å²) in [4.78, 5) is 11.8. The maximum Gasteiger partial charge on any atom is 0.271 e. The number of nitrogens with zero attached hydrogens (tertiary/aromatic N) is 2. The second kappa shape index (κ2) is 7.76. The first-order chi connectivity index (χ1) is 11.4. The Kier molecular flexibility index (Phi) is 5.73. The highest BCUT2D eigenvalue weighted by Gasteiger charge is 2.14. The van der Waals surface area contributed by atoms with Crippen LogP contribution in [0.5, 0.6) is 0 Å². The van der Waals surface area contributed by atoms with Gasteiger partial charge in [-0.25, -0.2) is 13.2 Å². The summed E-state index contributed by atoms with van der Waals surface area (Å²) in [5, 5.41) is 12.6. The van der Waals surface area contributed by atoms with Gasteiger partial charge in [-0.2, -0.15) is 0 Å². The Bertz CT molecular complexity index is 720. The van der Waals surface area contributed by atoms with E-state index >= 15 is 0 Å². The number of hydrogen-bond donors (Lipinski definition) is 2. The zero-order valence-corrected chi connectivity index (χ0v) is 13.2. The molecule has 128 valence electrons. The number of hydrogen-bond acceptors (Lipinski definition) is 4. The van der Waals surface area contributed by atoms with Crippen molar-refractivity contribution in [2.75, 3.05) is 11.9 Å². The first kappa shape index (κ1) is 17.7. The molecule has 2 N–H and O–H groups in total. The summed E-state index contributed by atoms with van der Waals surface area (Å²) in [6.45, 7) is 4.62. The second-order valence-corrected chi connectivity index (χ2v) is 5.59. The maximum atomic E-state index is 13.6. The second-order valence-electron chi connectivity index (χ2n) is 5.59. The Morgan fingerprint density at radius 1 is 1.08 bits per heavy atom. The molecular formula is C16H17F3N4O. The molecule has 0 saturated carbocycles. The third kappa shape index (κ3) is 4.43. The van der Waals surface area contributed by atoms with Crippen LogP contribution in [0.3, 0.4) is 0 Å². The van der Waals surface area contributed by atoms with Crippen molar-refractivity contribution in [2.24, 2.45) is 5.92 Å². The summed E-state index contributed by atoms with van der Waals surface area (Å²) >= 11 is 0. The van der Waals surface area contributed by atoms with Crippen LogP contribution >= 0.6 is 0 Å². The molecule has 8 heteroatoms. The van der Waals surface area contributed by atoms with Crippen molar-refractivity contribution in [1.82, 2.24) is 15.5 Å². The van der Waals surface area contributed by atoms with E-state index in [9.17, 15) is 18.0 Å². The fourth-order valence-corrected chi connectivity index (χ4v) is 1.85. The van der Waals surface area contributed by atoms with Gasteiger partial charge in [-0.05, 0) is 36.6 Å². The van der Waals surface area contributed by atoms with Crippen molar-refractivity contribution in [3.63, 3.8) is 0 Å². The van der Waals surface area contributed by atoms with Gasteiger partial charge in [0.2, 0.25) is 0 Å². The highest BCUT2D eigenvalue weighted by atomic mass is 19.2. The van der Waals surface area contributed by atoms with Crippen LogP contribution in [-0.2, 0) is 0 Å². The standard InChI is InChI=1S/C16H17F3N4O/c1-9(2)7-8-20-16(24)12-5-6-13(23-22-12)21-11-4-3-10(17)14(18)15(11)19/h3-6,9H,7-8H2,1-2H3,(H,20,24)(H,21,23). The van der Waals surface area contributed by atoms with Crippen molar-refractivity contribution in [2.45, 2.75) is 20.3 Å². The molecule has 0 fully saturated rings. The topological polar surface area (TPSA) is 66.9 Å². The Balaban J connectivity index is 2.02. The van der Waals surface area contributed by atoms with Gasteiger partial charge in [0.25, 0.3) is 5.91 Å². The Morgan fingerprint density at radius 3 is 2.46 bits per heavy atom. The molecule has 2 aromatic rings. The smallest absolute Gasteiger partial charge is 0.271 e. The van der Waals surface area contributed by atoms with Crippen LogP contribution in [0.15, 0.2) is 24.3 Å². The number of nitrogens with one attached hydrogen (secondary N) is 2. The van der Waals surface area contributed by atoms with Crippen LogP contribution in [0.4, 0.5) is 24.7 Å². The van der Waals surface area contributed by atoms with Gasteiger partial charge in [0.1, 0.15) is 0 Å². The van der Waals surface area contributed by atoms with E-state index in [0.717, 1.165) is 18.6 Å². The first-order valence-electron chi connectivity index (χ1n) is 7.41. The normalized spacial score (nSPS) is 10.8. The van der Waals surface area contributed by atoms with E-state index in [2.05, 4.69) is 20.8 Å². The Morgan fingerprint density at radius 2 is 1.83 bits per heavy atom. The molecule has 1 aromatic carbocycles. The number of benzene rings is 1. The lowest BCUT2D eigenvalue weighted by Gasteiger charge is -2.08. The monoisotopic (exact) mass is 338 g/mol. The summed E-state index contributed by atoms with van der Waals surface area (Å²) in [7, 11) is 0. The van der Waals surface area contributed by atoms with Crippen molar-refractivity contribution in [1.29, 1.82) is 0 Å².